The average Bonchev–Trinajstić information content (AvgIpc) is 3.04. The molecule has 4 rings (SSSR count). The van der Waals surface area contributed by atoms with E-state index in [2.05, 4.69) is 4.98 Å². The summed E-state index contributed by atoms with van der Waals surface area (Å²) in [5.74, 6) is -0.967. The van der Waals surface area contributed by atoms with Crippen LogP contribution in [-0.4, -0.2) is 11.2 Å². The van der Waals surface area contributed by atoms with E-state index in [0.717, 1.165) is 28.7 Å². The Morgan fingerprint density at radius 2 is 1.34 bits per heavy atom. The largest absolute Gasteiger partial charge is 0.273 e. The number of benzene rings is 2. The summed E-state index contributed by atoms with van der Waals surface area (Å²) in [6.07, 6.45) is 0.670. The zero-order valence-corrected chi connectivity index (χ0v) is 18.5. The molecule has 0 amide bonds. The molecule has 0 bridgehead atoms. The van der Waals surface area contributed by atoms with Crippen molar-refractivity contribution in [3.63, 3.8) is 0 Å². The van der Waals surface area contributed by atoms with Crippen molar-refractivity contribution in [3.05, 3.63) is 96.2 Å². The van der Waals surface area contributed by atoms with Crippen molar-refractivity contribution < 1.29 is 33.3 Å². The normalized spacial score (nSPS) is 12.4. The smallest absolute Gasteiger partial charge is 0.265 e. The van der Waals surface area contributed by atoms with Gasteiger partial charge in [0.25, 0.3) is 6.18 Å². The molecule has 1 aliphatic carbocycles. The zero-order chi connectivity index (χ0) is 20.0. The Bertz CT molecular complexity index is 808. The fourth-order valence-electron chi connectivity index (χ4n) is 3.66. The molecule has 3 aromatic rings. The standard InChI is InChI=1S/C19H18F3.C5H5N.Ir/c1-2-3-12-17(19(20,21)22)18-15-10-6-4-8-13(15)14-9-5-7-11-16(14)18;1-2-4-6-5-3-1;/h4-11,18H,2-3,12H2,1H3;1-5H;/q-1;;. The van der Waals surface area contributed by atoms with Crippen LogP contribution in [0.1, 0.15) is 43.2 Å². The quantitative estimate of drug-likeness (QED) is 0.300. The molecule has 1 heterocycles. The van der Waals surface area contributed by atoms with Gasteiger partial charge in [-0.1, -0.05) is 85.5 Å². The molecule has 1 radical (unpaired) electrons. The van der Waals surface area contributed by atoms with Gasteiger partial charge >= 0.3 is 0 Å². The maximum absolute atomic E-state index is 13.6. The minimum Gasteiger partial charge on any atom is -0.265 e. The minimum atomic E-state index is -4.26. The van der Waals surface area contributed by atoms with E-state index >= 15 is 0 Å². The summed E-state index contributed by atoms with van der Waals surface area (Å²) in [7, 11) is 0. The molecule has 1 aromatic heterocycles. The number of pyridine rings is 1. The molecule has 2 aromatic carbocycles. The summed E-state index contributed by atoms with van der Waals surface area (Å²) in [6.45, 7) is 1.92. The molecule has 0 fully saturated rings. The van der Waals surface area contributed by atoms with Crippen LogP contribution in [-0.2, 0) is 20.1 Å². The van der Waals surface area contributed by atoms with Crippen molar-refractivity contribution in [1.29, 1.82) is 0 Å². The fraction of sp³-hybridized carbons (Fsp3) is 0.250. The van der Waals surface area contributed by atoms with Gasteiger partial charge in [-0.15, -0.1) is 5.92 Å². The number of halogens is 3. The van der Waals surface area contributed by atoms with Crippen LogP contribution in [0, 0.1) is 5.92 Å². The molecule has 0 spiro atoms. The van der Waals surface area contributed by atoms with Gasteiger partial charge < -0.3 is 0 Å². The first kappa shape index (κ1) is 23.3. The van der Waals surface area contributed by atoms with Crippen LogP contribution >= 0.6 is 0 Å². The summed E-state index contributed by atoms with van der Waals surface area (Å²) in [6, 6.07) is 20.6. The van der Waals surface area contributed by atoms with Gasteiger partial charge in [-0.3, -0.25) is 4.98 Å². The first-order valence-electron chi connectivity index (χ1n) is 9.50. The Labute approximate surface area is 183 Å². The van der Waals surface area contributed by atoms with Crippen LogP contribution in [0.3, 0.4) is 0 Å². The Balaban J connectivity index is 0.000000369. The van der Waals surface area contributed by atoms with Gasteiger partial charge in [-0.05, 0) is 23.3 Å². The van der Waals surface area contributed by atoms with Crippen molar-refractivity contribution in [2.45, 2.75) is 38.3 Å². The van der Waals surface area contributed by atoms with Gasteiger partial charge in [0.2, 0.25) is 0 Å². The third kappa shape index (κ3) is 5.55. The molecule has 1 nitrogen and oxygen atoms in total. The van der Waals surface area contributed by atoms with Crippen LogP contribution in [0.15, 0.2) is 79.1 Å². The summed E-state index contributed by atoms with van der Waals surface area (Å²) in [5.41, 5.74) is 3.43. The average molecular weight is 575 g/mol. The van der Waals surface area contributed by atoms with Crippen molar-refractivity contribution >= 4 is 0 Å². The van der Waals surface area contributed by atoms with Crippen LogP contribution in [0.5, 0.6) is 0 Å². The van der Waals surface area contributed by atoms with E-state index in [9.17, 15) is 13.2 Å². The summed E-state index contributed by atoms with van der Waals surface area (Å²) >= 11 is 0. The molecule has 0 atom stereocenters. The Hall–Kier alpha value is -1.97. The second-order valence-electron chi connectivity index (χ2n) is 6.76. The molecule has 0 unspecified atom stereocenters. The van der Waals surface area contributed by atoms with E-state index in [4.69, 9.17) is 0 Å². The first-order chi connectivity index (χ1) is 13.5. The topological polar surface area (TPSA) is 12.9 Å². The number of fused-ring (bicyclic) bond motifs is 3. The van der Waals surface area contributed by atoms with E-state index in [1.54, 1.807) is 12.4 Å². The molecule has 155 valence electrons. The van der Waals surface area contributed by atoms with Gasteiger partial charge in [0.1, 0.15) is 0 Å². The van der Waals surface area contributed by atoms with Crippen molar-refractivity contribution in [2.75, 3.05) is 0 Å². The van der Waals surface area contributed by atoms with Crippen LogP contribution in [0.2, 0.25) is 0 Å². The molecule has 5 heteroatoms. The third-order valence-electron chi connectivity index (χ3n) is 4.91. The van der Waals surface area contributed by atoms with E-state index < -0.39 is 12.1 Å². The number of hydrogen-bond donors (Lipinski definition) is 0. The summed E-state index contributed by atoms with van der Waals surface area (Å²) in [5, 5.41) is 0. The van der Waals surface area contributed by atoms with Gasteiger partial charge in [-0.2, -0.15) is 12.3 Å². The molecule has 0 N–H and O–H groups in total. The number of unbranched alkanes of at least 4 members (excludes halogenated alkanes) is 1. The molecule has 0 saturated heterocycles. The molecule has 1 aliphatic rings. The van der Waals surface area contributed by atoms with Gasteiger partial charge in [-0.25, -0.2) is 13.2 Å². The Morgan fingerprint density at radius 1 is 0.828 bits per heavy atom. The van der Waals surface area contributed by atoms with Gasteiger partial charge in [0.05, 0.1) is 0 Å². The van der Waals surface area contributed by atoms with Crippen LogP contribution in [0.25, 0.3) is 11.1 Å². The molecule has 29 heavy (non-hydrogen) atoms. The maximum Gasteiger partial charge on any atom is 0.273 e. The Morgan fingerprint density at radius 3 is 1.72 bits per heavy atom. The van der Waals surface area contributed by atoms with E-state index in [1.807, 2.05) is 73.7 Å². The maximum atomic E-state index is 13.6. The van der Waals surface area contributed by atoms with E-state index in [-0.39, 0.29) is 32.4 Å². The second kappa shape index (κ2) is 10.7. The predicted octanol–water partition coefficient (Wildman–Crippen LogP) is 7.20. The number of alkyl halides is 3. The first-order valence-corrected chi connectivity index (χ1v) is 9.50. The summed E-state index contributed by atoms with van der Waals surface area (Å²) in [4.78, 5) is 3.78. The number of nitrogens with zero attached hydrogens (tertiary/aromatic N) is 1. The zero-order valence-electron chi connectivity index (χ0n) is 16.1. The number of aromatic nitrogens is 1. The van der Waals surface area contributed by atoms with E-state index in [0.29, 0.717) is 6.42 Å². The molecule has 0 saturated carbocycles. The van der Waals surface area contributed by atoms with Gasteiger partial charge in [0.15, 0.2) is 0 Å². The monoisotopic (exact) mass is 575 g/mol. The van der Waals surface area contributed by atoms with Crippen molar-refractivity contribution in [2.24, 2.45) is 0 Å². The number of hydrogen-bond acceptors (Lipinski definition) is 1. The molecular weight excluding hydrogens is 551 g/mol. The van der Waals surface area contributed by atoms with Gasteiger partial charge in [0, 0.05) is 32.5 Å². The molecular formula is C24H23F3IrN-. The Kier molecular flexibility index (Phi) is 8.60. The second-order valence-corrected chi connectivity index (χ2v) is 6.76. The molecule has 0 aliphatic heterocycles. The fourth-order valence-corrected chi connectivity index (χ4v) is 3.66. The van der Waals surface area contributed by atoms with E-state index in [1.165, 1.54) is 0 Å². The predicted molar refractivity (Wildman–Crippen MR) is 107 cm³/mol. The van der Waals surface area contributed by atoms with Crippen molar-refractivity contribution in [3.8, 4) is 11.1 Å². The minimum absolute atomic E-state index is 0. The SMILES string of the molecule is CCCC[C-](C1c2ccccc2-c2ccccc21)C(F)(F)F.[Ir].c1ccncc1. The van der Waals surface area contributed by atoms with Crippen molar-refractivity contribution in [1.82, 2.24) is 4.98 Å². The van der Waals surface area contributed by atoms with Crippen LogP contribution < -0.4 is 0 Å². The third-order valence-corrected chi connectivity index (χ3v) is 4.91. The number of rotatable bonds is 4. The summed E-state index contributed by atoms with van der Waals surface area (Å²) < 4.78 is 40.9. The van der Waals surface area contributed by atoms with Crippen LogP contribution in [0.4, 0.5) is 13.2 Å².